The highest BCUT2D eigenvalue weighted by molar-refractivity contribution is 7.98. The second-order valence-corrected chi connectivity index (χ2v) is 18.3. The molecular formula is C50H21BF20OS. The SMILES string of the molecule is Fc1c(F)c(F)c([B-](c2c(F)c(F)c(F)c(F)c2F)(c2c(F)c(F)c(F)c(F)c2F)c2c(F)c(F)c(F)c(F)c2F)c(F)c1F.O=C(C[S+](C1C=Cc2ccccc21)C1C=Cc2ccccc21)c1ccccc1. The fraction of sp³-hybridized carbons (Fsp3) is 0.0600. The van der Waals surface area contributed by atoms with E-state index in [4.69, 9.17) is 0 Å². The van der Waals surface area contributed by atoms with Crippen LogP contribution in [0.5, 0.6) is 0 Å². The molecule has 2 atom stereocenters. The first-order chi connectivity index (χ1) is 34.5. The summed E-state index contributed by atoms with van der Waals surface area (Å²) in [5.74, 6) is -70.6. The Morgan fingerprint density at radius 1 is 0.342 bits per heavy atom. The molecule has 7 aromatic rings. The lowest BCUT2D eigenvalue weighted by Gasteiger charge is -2.44. The third kappa shape index (κ3) is 8.15. The number of rotatable bonds is 9. The molecule has 73 heavy (non-hydrogen) atoms. The number of fused-ring (bicyclic) bond motifs is 2. The molecule has 0 spiro atoms. The number of ketones is 1. The zero-order valence-corrected chi connectivity index (χ0v) is 36.4. The summed E-state index contributed by atoms with van der Waals surface area (Å²) in [7, 11) is -0.152. The minimum Gasteiger partial charge on any atom is -0.289 e. The highest BCUT2D eigenvalue weighted by Gasteiger charge is 2.52. The van der Waals surface area contributed by atoms with Crippen LogP contribution in [0.4, 0.5) is 87.8 Å². The molecule has 0 aromatic heterocycles. The monoisotopic (exact) mass is 1060 g/mol. The molecule has 7 aromatic carbocycles. The van der Waals surface area contributed by atoms with Crippen LogP contribution in [0.15, 0.2) is 91.0 Å². The molecule has 0 fully saturated rings. The number of carbonyl (C=O) groups is 1. The van der Waals surface area contributed by atoms with Crippen molar-refractivity contribution in [2.75, 3.05) is 5.75 Å². The van der Waals surface area contributed by atoms with E-state index in [0.717, 1.165) is 5.56 Å². The first-order valence-electron chi connectivity index (χ1n) is 20.6. The number of carbonyl (C=O) groups excluding carboxylic acids is 1. The van der Waals surface area contributed by atoms with E-state index in [1.54, 1.807) is 0 Å². The minimum absolute atomic E-state index is 0.152. The second-order valence-electron chi connectivity index (χ2n) is 16.0. The third-order valence-electron chi connectivity index (χ3n) is 12.3. The van der Waals surface area contributed by atoms with Crippen molar-refractivity contribution in [3.05, 3.63) is 235 Å². The second kappa shape index (κ2) is 19.6. The first-order valence-corrected chi connectivity index (χ1v) is 22.1. The average molecular weight is 1060 g/mol. The van der Waals surface area contributed by atoms with Gasteiger partial charge in [0.1, 0.15) is 52.7 Å². The van der Waals surface area contributed by atoms with E-state index < -0.39 is 144 Å². The van der Waals surface area contributed by atoms with E-state index in [9.17, 15) is 57.5 Å². The van der Waals surface area contributed by atoms with Gasteiger partial charge in [-0.15, -0.1) is 21.9 Å². The van der Waals surface area contributed by atoms with Gasteiger partial charge in [0.05, 0.1) is 0 Å². The molecule has 0 aliphatic heterocycles. The van der Waals surface area contributed by atoms with E-state index in [1.807, 2.05) is 30.3 Å². The summed E-state index contributed by atoms with van der Waals surface area (Å²) in [4.78, 5) is 13.2. The van der Waals surface area contributed by atoms with Crippen LogP contribution in [0.2, 0.25) is 0 Å². The van der Waals surface area contributed by atoms with Crippen molar-refractivity contribution in [1.82, 2.24) is 0 Å². The number of hydrogen-bond acceptors (Lipinski definition) is 1. The molecule has 0 bridgehead atoms. The molecule has 2 unspecified atom stereocenters. The molecule has 376 valence electrons. The lowest BCUT2D eigenvalue weighted by atomic mass is 9.12. The molecule has 0 saturated carbocycles. The molecule has 0 saturated heterocycles. The van der Waals surface area contributed by atoms with Gasteiger partial charge in [0.25, 0.3) is 0 Å². The number of hydrogen-bond donors (Lipinski definition) is 0. The van der Waals surface area contributed by atoms with Gasteiger partial charge in [0, 0.05) is 27.6 Å². The molecule has 23 heteroatoms. The Labute approximate surface area is 400 Å². The summed E-state index contributed by atoms with van der Waals surface area (Å²) < 4.78 is 294. The van der Waals surface area contributed by atoms with E-state index in [1.165, 1.54) is 22.3 Å². The first kappa shape index (κ1) is 52.0. The molecule has 2 aliphatic carbocycles. The molecule has 0 heterocycles. The Kier molecular flexibility index (Phi) is 14.0. The quantitative estimate of drug-likeness (QED) is 0.0352. The van der Waals surface area contributed by atoms with Gasteiger partial charge in [-0.25, -0.2) is 87.8 Å². The highest BCUT2D eigenvalue weighted by atomic mass is 32.2. The molecular weight excluding hydrogens is 1040 g/mol. The lowest BCUT2D eigenvalue weighted by molar-refractivity contribution is 0.102. The molecule has 0 radical (unpaired) electrons. The predicted molar refractivity (Wildman–Crippen MR) is 229 cm³/mol. The Balaban J connectivity index is 0.000000216. The highest BCUT2D eigenvalue weighted by Crippen LogP contribution is 2.46. The smallest absolute Gasteiger partial charge is 0.211 e. The summed E-state index contributed by atoms with van der Waals surface area (Å²) in [5.41, 5.74) is -8.25. The maximum Gasteiger partial charge on any atom is 0.211 e. The fourth-order valence-corrected chi connectivity index (χ4v) is 11.8. The maximum absolute atomic E-state index is 15.4. The van der Waals surface area contributed by atoms with Crippen molar-refractivity contribution in [3.8, 4) is 0 Å². The van der Waals surface area contributed by atoms with Gasteiger partial charge in [0.15, 0.2) is 86.1 Å². The zero-order chi connectivity index (χ0) is 53.3. The van der Waals surface area contributed by atoms with Crippen LogP contribution in [-0.4, -0.2) is 17.7 Å². The number of Topliss-reactive ketones (excluding diaryl/α,β-unsaturated/α-hetero) is 1. The maximum atomic E-state index is 15.4. The van der Waals surface area contributed by atoms with Crippen LogP contribution in [-0.2, 0) is 10.9 Å². The van der Waals surface area contributed by atoms with Gasteiger partial charge >= 0.3 is 0 Å². The van der Waals surface area contributed by atoms with Gasteiger partial charge in [-0.2, -0.15) is 0 Å². The predicted octanol–water partition coefficient (Wildman–Crippen LogP) is 11.9. The van der Waals surface area contributed by atoms with Crippen LogP contribution in [0.1, 0.15) is 43.1 Å². The standard InChI is InChI=1S/C26H21OS.C24BF20/c27-24(21-10-2-1-3-11-21)18-28(25-16-14-19-8-4-6-12-22(19)25)26-17-15-20-9-5-7-13-23(20)26;26-5-1(6(27)14(35)21(42)13(5)34)25(2-7(28)15(36)22(43)16(37)8(2)29,3-9(30)17(38)23(44)18(39)10(3)31)4-11(32)19(40)24(45)20(41)12(4)33/h1-17,25-26H,18H2;/q+1;-1. The molecule has 2 aliphatic rings. The van der Waals surface area contributed by atoms with Crippen LogP contribution < -0.4 is 21.9 Å². The minimum atomic E-state index is -7.22. The molecule has 9 rings (SSSR count). The van der Waals surface area contributed by atoms with Gasteiger partial charge in [-0.1, -0.05) is 91.0 Å². The summed E-state index contributed by atoms with van der Waals surface area (Å²) in [6, 6.07) is 26.9. The van der Waals surface area contributed by atoms with Crippen molar-refractivity contribution in [3.63, 3.8) is 0 Å². The Morgan fingerprint density at radius 2 is 0.589 bits per heavy atom. The fourth-order valence-electron chi connectivity index (χ4n) is 9.03. The van der Waals surface area contributed by atoms with E-state index in [0.29, 0.717) is 5.75 Å². The van der Waals surface area contributed by atoms with Crippen molar-refractivity contribution in [2.45, 2.75) is 10.5 Å². The van der Waals surface area contributed by atoms with Crippen molar-refractivity contribution in [2.24, 2.45) is 0 Å². The topological polar surface area (TPSA) is 17.1 Å². The van der Waals surface area contributed by atoms with Gasteiger partial charge in [-0.05, 0) is 23.3 Å². The third-order valence-corrected chi connectivity index (χ3v) is 15.0. The molecule has 1 nitrogen and oxygen atoms in total. The summed E-state index contributed by atoms with van der Waals surface area (Å²) in [6.07, 6.45) is 1.84. The van der Waals surface area contributed by atoms with Crippen LogP contribution >= 0.6 is 0 Å². The average Bonchev–Trinajstić information content (AvgIpc) is 4.03. The zero-order valence-electron chi connectivity index (χ0n) is 35.6. The Hall–Kier alpha value is -7.30. The molecule has 0 amide bonds. The van der Waals surface area contributed by atoms with Crippen molar-refractivity contribution >= 4 is 56.8 Å². The van der Waals surface area contributed by atoms with Gasteiger partial charge in [0.2, 0.25) is 5.78 Å². The normalized spacial score (nSPS) is 15.1. The van der Waals surface area contributed by atoms with E-state index in [2.05, 4.69) is 72.8 Å². The summed E-state index contributed by atoms with van der Waals surface area (Å²) in [6.45, 7) is 0. The van der Waals surface area contributed by atoms with E-state index in [-0.39, 0.29) is 27.2 Å². The van der Waals surface area contributed by atoms with Gasteiger partial charge < -0.3 is 0 Å². The summed E-state index contributed by atoms with van der Waals surface area (Å²) in [5, 5.41) is 0.564. The summed E-state index contributed by atoms with van der Waals surface area (Å²) >= 11 is 0. The lowest BCUT2D eigenvalue weighted by Crippen LogP contribution is -2.81. The molecule has 0 N–H and O–H groups in total. The van der Waals surface area contributed by atoms with Crippen LogP contribution in [0, 0.1) is 116 Å². The number of benzene rings is 7. The number of halogens is 20. The van der Waals surface area contributed by atoms with E-state index >= 15 is 35.1 Å². The van der Waals surface area contributed by atoms with Crippen molar-refractivity contribution in [1.29, 1.82) is 0 Å². The van der Waals surface area contributed by atoms with Crippen LogP contribution in [0.25, 0.3) is 12.2 Å². The Morgan fingerprint density at radius 3 is 0.877 bits per heavy atom. The van der Waals surface area contributed by atoms with Gasteiger partial charge in [-0.3, -0.25) is 4.79 Å². The Bertz CT molecular complexity index is 3050. The van der Waals surface area contributed by atoms with Crippen LogP contribution in [0.3, 0.4) is 0 Å². The largest absolute Gasteiger partial charge is 0.289 e. The van der Waals surface area contributed by atoms with Crippen molar-refractivity contribution < 1.29 is 92.6 Å².